The lowest BCUT2D eigenvalue weighted by Crippen LogP contribution is -2.21. The number of nitrogens with zero attached hydrogens (tertiary/aromatic N) is 3. The van der Waals surface area contributed by atoms with Crippen LogP contribution < -0.4 is 5.73 Å². The highest BCUT2D eigenvalue weighted by molar-refractivity contribution is 5.07. The lowest BCUT2D eigenvalue weighted by Gasteiger charge is -2.10. The molecule has 1 aromatic heterocycles. The highest BCUT2D eigenvalue weighted by Crippen LogP contribution is 2.02. The Morgan fingerprint density at radius 3 is 2.44 bits per heavy atom. The molecule has 0 saturated heterocycles. The quantitative estimate of drug-likeness (QED) is 0.775. The van der Waals surface area contributed by atoms with Gasteiger partial charge in [0.05, 0.1) is 0 Å². The predicted octanol–water partition coefficient (Wildman–Crippen LogP) is 0.861. The van der Waals surface area contributed by atoms with E-state index < -0.39 is 0 Å². The van der Waals surface area contributed by atoms with Crippen molar-refractivity contribution in [3.63, 3.8) is 0 Å². The molecule has 0 aromatic carbocycles. The summed E-state index contributed by atoms with van der Waals surface area (Å²) in [5.41, 5.74) is 7.01. The van der Waals surface area contributed by atoms with E-state index in [9.17, 15) is 0 Å². The second-order valence-corrected chi connectivity index (χ2v) is 4.43. The minimum Gasteiger partial charge on any atom is -0.327 e. The van der Waals surface area contributed by atoms with E-state index in [-0.39, 0.29) is 6.04 Å². The molecule has 4 nitrogen and oxygen atoms in total. The largest absolute Gasteiger partial charge is 0.327 e. The van der Waals surface area contributed by atoms with Gasteiger partial charge in [-0.05, 0) is 32.5 Å². The van der Waals surface area contributed by atoms with Crippen LogP contribution in [0.25, 0.3) is 0 Å². The Labute approximate surface area is 97.9 Å². The summed E-state index contributed by atoms with van der Waals surface area (Å²) in [4.78, 5) is 10.8. The van der Waals surface area contributed by atoms with Crippen molar-refractivity contribution in [2.24, 2.45) is 5.73 Å². The SMILES string of the molecule is CCC(N)Cc1cnc(CCN(C)C)nc1. The van der Waals surface area contributed by atoms with E-state index in [0.29, 0.717) is 0 Å². The van der Waals surface area contributed by atoms with Gasteiger partial charge in [-0.15, -0.1) is 0 Å². The third kappa shape index (κ3) is 4.68. The number of likely N-dealkylation sites (N-methyl/N-ethyl adjacent to an activating group) is 1. The molecule has 0 radical (unpaired) electrons. The topological polar surface area (TPSA) is 55.0 Å². The van der Waals surface area contributed by atoms with Crippen LogP contribution in [0.4, 0.5) is 0 Å². The summed E-state index contributed by atoms with van der Waals surface area (Å²) < 4.78 is 0. The highest BCUT2D eigenvalue weighted by Gasteiger charge is 2.03. The molecule has 0 amide bonds. The van der Waals surface area contributed by atoms with Crippen LogP contribution in [0.1, 0.15) is 24.7 Å². The number of rotatable bonds is 6. The van der Waals surface area contributed by atoms with E-state index in [1.807, 2.05) is 12.4 Å². The molecule has 4 heteroatoms. The van der Waals surface area contributed by atoms with Gasteiger partial charge in [-0.25, -0.2) is 9.97 Å². The fraction of sp³-hybridized carbons (Fsp3) is 0.667. The van der Waals surface area contributed by atoms with E-state index >= 15 is 0 Å². The second-order valence-electron chi connectivity index (χ2n) is 4.43. The van der Waals surface area contributed by atoms with E-state index in [0.717, 1.165) is 37.2 Å². The van der Waals surface area contributed by atoms with Crippen molar-refractivity contribution < 1.29 is 0 Å². The molecule has 90 valence electrons. The van der Waals surface area contributed by atoms with Crippen LogP contribution in [0.3, 0.4) is 0 Å². The van der Waals surface area contributed by atoms with Gasteiger partial charge in [-0.2, -0.15) is 0 Å². The summed E-state index contributed by atoms with van der Waals surface area (Å²) in [5, 5.41) is 0. The molecule has 0 aliphatic heterocycles. The van der Waals surface area contributed by atoms with Gasteiger partial charge >= 0.3 is 0 Å². The number of nitrogens with two attached hydrogens (primary N) is 1. The van der Waals surface area contributed by atoms with Gasteiger partial charge in [0, 0.05) is 31.4 Å². The van der Waals surface area contributed by atoms with Crippen molar-refractivity contribution in [3.05, 3.63) is 23.8 Å². The van der Waals surface area contributed by atoms with E-state index in [1.165, 1.54) is 0 Å². The maximum absolute atomic E-state index is 5.88. The van der Waals surface area contributed by atoms with Crippen molar-refractivity contribution in [2.75, 3.05) is 20.6 Å². The van der Waals surface area contributed by atoms with Gasteiger partial charge in [0.15, 0.2) is 0 Å². The Bertz CT molecular complexity index is 294. The Morgan fingerprint density at radius 2 is 1.94 bits per heavy atom. The molecule has 0 bridgehead atoms. The van der Waals surface area contributed by atoms with Gasteiger partial charge in [0.1, 0.15) is 5.82 Å². The van der Waals surface area contributed by atoms with Gasteiger partial charge in [-0.3, -0.25) is 0 Å². The maximum atomic E-state index is 5.88. The van der Waals surface area contributed by atoms with Gasteiger partial charge in [0.2, 0.25) is 0 Å². The predicted molar refractivity (Wildman–Crippen MR) is 66.3 cm³/mol. The zero-order valence-corrected chi connectivity index (χ0v) is 10.5. The molecule has 1 atom stereocenters. The minimum absolute atomic E-state index is 0.219. The molecule has 16 heavy (non-hydrogen) atoms. The average molecular weight is 222 g/mol. The summed E-state index contributed by atoms with van der Waals surface area (Å²) in [6, 6.07) is 0.219. The van der Waals surface area contributed by atoms with Crippen LogP contribution in [0.5, 0.6) is 0 Å². The molecule has 1 aromatic rings. The van der Waals surface area contributed by atoms with E-state index in [2.05, 4.69) is 35.9 Å². The summed E-state index contributed by atoms with van der Waals surface area (Å²) in [6.07, 6.45) is 6.54. The lowest BCUT2D eigenvalue weighted by molar-refractivity contribution is 0.409. The summed E-state index contributed by atoms with van der Waals surface area (Å²) in [6.45, 7) is 3.07. The maximum Gasteiger partial charge on any atom is 0.129 e. The normalized spacial score (nSPS) is 13.1. The second kappa shape index (κ2) is 6.55. The van der Waals surface area contributed by atoms with Crippen LogP contribution in [0, 0.1) is 0 Å². The standard InChI is InChI=1S/C12H22N4/c1-4-11(13)7-10-8-14-12(15-9-10)5-6-16(2)3/h8-9,11H,4-7,13H2,1-3H3. The minimum atomic E-state index is 0.219. The van der Waals surface area contributed by atoms with Gasteiger partial charge in [0.25, 0.3) is 0 Å². The fourth-order valence-electron chi connectivity index (χ4n) is 1.39. The molecule has 2 N–H and O–H groups in total. The molecular weight excluding hydrogens is 200 g/mol. The smallest absolute Gasteiger partial charge is 0.129 e. The lowest BCUT2D eigenvalue weighted by atomic mass is 10.1. The fourth-order valence-corrected chi connectivity index (χ4v) is 1.39. The molecule has 1 unspecified atom stereocenters. The van der Waals surface area contributed by atoms with Crippen molar-refractivity contribution in [1.29, 1.82) is 0 Å². The average Bonchev–Trinajstić information content (AvgIpc) is 2.28. The van der Waals surface area contributed by atoms with Gasteiger partial charge < -0.3 is 10.6 Å². The first kappa shape index (κ1) is 13.1. The zero-order chi connectivity index (χ0) is 12.0. The molecule has 0 aliphatic rings. The number of hydrogen-bond donors (Lipinski definition) is 1. The molecular formula is C12H22N4. The first-order valence-electron chi connectivity index (χ1n) is 5.82. The van der Waals surface area contributed by atoms with E-state index in [4.69, 9.17) is 5.73 Å². The molecule has 0 aliphatic carbocycles. The van der Waals surface area contributed by atoms with Crippen LogP contribution >= 0.6 is 0 Å². The number of aromatic nitrogens is 2. The van der Waals surface area contributed by atoms with Crippen LogP contribution in [-0.2, 0) is 12.8 Å². The first-order chi connectivity index (χ1) is 7.61. The van der Waals surface area contributed by atoms with Crippen molar-refractivity contribution in [1.82, 2.24) is 14.9 Å². The van der Waals surface area contributed by atoms with Crippen molar-refractivity contribution in [3.8, 4) is 0 Å². The Morgan fingerprint density at radius 1 is 1.31 bits per heavy atom. The third-order valence-corrected chi connectivity index (χ3v) is 2.56. The third-order valence-electron chi connectivity index (χ3n) is 2.56. The Hall–Kier alpha value is -1.00. The molecule has 0 spiro atoms. The zero-order valence-electron chi connectivity index (χ0n) is 10.5. The summed E-state index contributed by atoms with van der Waals surface area (Å²) in [7, 11) is 4.10. The monoisotopic (exact) mass is 222 g/mol. The van der Waals surface area contributed by atoms with E-state index in [1.54, 1.807) is 0 Å². The Kier molecular flexibility index (Phi) is 5.35. The van der Waals surface area contributed by atoms with Gasteiger partial charge in [-0.1, -0.05) is 6.92 Å². The summed E-state index contributed by atoms with van der Waals surface area (Å²) in [5.74, 6) is 0.905. The first-order valence-corrected chi connectivity index (χ1v) is 5.82. The molecule has 0 saturated carbocycles. The highest BCUT2D eigenvalue weighted by atomic mass is 15.1. The van der Waals surface area contributed by atoms with Crippen molar-refractivity contribution >= 4 is 0 Å². The Balaban J connectivity index is 2.47. The van der Waals surface area contributed by atoms with Crippen LogP contribution in [-0.4, -0.2) is 41.5 Å². The van der Waals surface area contributed by atoms with Crippen molar-refractivity contribution in [2.45, 2.75) is 32.2 Å². The molecule has 1 rings (SSSR count). The number of hydrogen-bond acceptors (Lipinski definition) is 4. The molecule has 1 heterocycles. The summed E-state index contributed by atoms with van der Waals surface area (Å²) >= 11 is 0. The molecule has 0 fully saturated rings. The van der Waals surface area contributed by atoms with Crippen LogP contribution in [0.15, 0.2) is 12.4 Å². The van der Waals surface area contributed by atoms with Crippen LogP contribution in [0.2, 0.25) is 0 Å².